The van der Waals surface area contributed by atoms with Crippen LogP contribution in [0.5, 0.6) is 0 Å². The normalized spacial score (nSPS) is 25.6. The summed E-state index contributed by atoms with van der Waals surface area (Å²) in [5.74, 6) is 2.55. The van der Waals surface area contributed by atoms with Gasteiger partial charge in [-0.1, -0.05) is 5.92 Å². The summed E-state index contributed by atoms with van der Waals surface area (Å²) >= 11 is 5.04. The summed E-state index contributed by atoms with van der Waals surface area (Å²) in [6.45, 7) is 0. The van der Waals surface area contributed by atoms with Crippen LogP contribution in [0.3, 0.4) is 0 Å². The van der Waals surface area contributed by atoms with Crippen molar-refractivity contribution in [2.75, 3.05) is 7.05 Å². The van der Waals surface area contributed by atoms with Crippen molar-refractivity contribution in [3.63, 3.8) is 0 Å². The van der Waals surface area contributed by atoms with Gasteiger partial charge in [0, 0.05) is 21.9 Å². The molecular weight excluding hydrogens is 170 g/mol. The van der Waals surface area contributed by atoms with Gasteiger partial charge in [0.05, 0.1) is 4.91 Å². The molecule has 0 saturated heterocycles. The zero-order valence-corrected chi connectivity index (χ0v) is 7.28. The lowest BCUT2D eigenvalue weighted by molar-refractivity contribution is 0.782. The molecule has 0 aliphatic carbocycles. The predicted molar refractivity (Wildman–Crippen MR) is 47.0 cm³/mol. The summed E-state index contributed by atoms with van der Waals surface area (Å²) in [7, 11) is 3.36. The van der Waals surface area contributed by atoms with Gasteiger partial charge in [-0.3, -0.25) is 0 Å². The first kappa shape index (κ1) is 7.13. The van der Waals surface area contributed by atoms with Crippen molar-refractivity contribution in [1.29, 1.82) is 0 Å². The molecule has 1 atom stereocenters. The van der Waals surface area contributed by atoms with Crippen molar-refractivity contribution in [1.82, 2.24) is 4.31 Å². The van der Waals surface area contributed by atoms with E-state index in [0.717, 1.165) is 4.91 Å². The molecule has 1 aliphatic rings. The number of hydrogen-bond donors (Lipinski definition) is 0. The van der Waals surface area contributed by atoms with Crippen LogP contribution in [0, 0.1) is 12.3 Å². The second kappa shape index (κ2) is 2.74. The van der Waals surface area contributed by atoms with E-state index >= 15 is 0 Å². The van der Waals surface area contributed by atoms with Crippen LogP contribution in [0.4, 0.5) is 0 Å². The maximum Gasteiger partial charge on any atom is 0.0866 e. The first-order valence-corrected chi connectivity index (χ1v) is 5.69. The van der Waals surface area contributed by atoms with Crippen LogP contribution in [0.2, 0.25) is 0 Å². The highest BCUT2D eigenvalue weighted by Gasteiger charge is 2.11. The van der Waals surface area contributed by atoms with Gasteiger partial charge in [0.25, 0.3) is 0 Å². The van der Waals surface area contributed by atoms with Crippen molar-refractivity contribution in [3.05, 3.63) is 11.1 Å². The maximum atomic E-state index is 5.15. The van der Waals surface area contributed by atoms with Gasteiger partial charge in [0.15, 0.2) is 0 Å². The van der Waals surface area contributed by atoms with Crippen molar-refractivity contribution in [2.45, 2.75) is 0 Å². The van der Waals surface area contributed by atoms with Gasteiger partial charge in [-0.05, 0) is 22.0 Å². The molecule has 0 saturated carbocycles. The molecule has 0 spiro atoms. The van der Waals surface area contributed by atoms with E-state index in [1.54, 1.807) is 10.8 Å². The first-order valence-electron chi connectivity index (χ1n) is 2.25. The molecule has 0 aromatic carbocycles. The fourth-order valence-corrected chi connectivity index (χ4v) is 3.21. The first-order chi connectivity index (χ1) is 4.24. The van der Waals surface area contributed by atoms with E-state index < -0.39 is 0 Å². The van der Waals surface area contributed by atoms with Crippen LogP contribution >= 0.6 is 10.8 Å². The Kier molecular flexibility index (Phi) is 2.17. The van der Waals surface area contributed by atoms with E-state index in [4.69, 9.17) is 17.6 Å². The highest BCUT2D eigenvalue weighted by Crippen LogP contribution is 2.28. The number of rotatable bonds is 0. The van der Waals surface area contributed by atoms with Gasteiger partial charge < -0.3 is 4.31 Å². The molecule has 0 amide bonds. The van der Waals surface area contributed by atoms with E-state index in [1.807, 2.05) is 17.6 Å². The molecule has 1 rings (SSSR count). The van der Waals surface area contributed by atoms with Crippen LogP contribution in [-0.2, 0) is 19.9 Å². The Hall–Kier alpha value is 0.0200. The molecule has 1 heterocycles. The van der Waals surface area contributed by atoms with E-state index in [0.29, 0.717) is 0 Å². The van der Waals surface area contributed by atoms with Gasteiger partial charge in [0.1, 0.15) is 0 Å². The quantitative estimate of drug-likeness (QED) is 0.400. The molecule has 0 fully saturated rings. The SMILES string of the molecule is C#CC1=CN(C)S(=S)S1. The van der Waals surface area contributed by atoms with Crippen LogP contribution in [-0.4, -0.2) is 11.4 Å². The lowest BCUT2D eigenvalue weighted by Gasteiger charge is -2.04. The minimum absolute atomic E-state index is 0.149. The number of nitrogens with zero attached hydrogens (tertiary/aromatic N) is 1. The molecular formula is C5H5NS3. The summed E-state index contributed by atoms with van der Waals surface area (Å²) in [5.41, 5.74) is 0. The molecule has 1 aliphatic heterocycles. The highest BCUT2D eigenvalue weighted by atomic mass is 33.3. The second-order valence-corrected chi connectivity index (χ2v) is 6.13. The third-order valence-electron chi connectivity index (χ3n) is 0.838. The smallest absolute Gasteiger partial charge is 0.0866 e. The lowest BCUT2D eigenvalue weighted by Crippen LogP contribution is -2.03. The van der Waals surface area contributed by atoms with Crippen LogP contribution in [0.1, 0.15) is 0 Å². The number of hydrogen-bond acceptors (Lipinski definition) is 2. The minimum Gasteiger partial charge on any atom is -0.313 e. The van der Waals surface area contributed by atoms with E-state index in [9.17, 15) is 0 Å². The Morgan fingerprint density at radius 2 is 2.67 bits per heavy atom. The molecule has 1 nitrogen and oxygen atoms in total. The molecule has 0 N–H and O–H groups in total. The van der Waals surface area contributed by atoms with E-state index in [2.05, 4.69) is 5.92 Å². The van der Waals surface area contributed by atoms with Crippen molar-refractivity contribution in [2.24, 2.45) is 0 Å². The van der Waals surface area contributed by atoms with Crippen molar-refractivity contribution in [3.8, 4) is 12.3 Å². The monoisotopic (exact) mass is 175 g/mol. The second-order valence-electron chi connectivity index (χ2n) is 1.48. The van der Waals surface area contributed by atoms with Crippen molar-refractivity contribution < 1.29 is 0 Å². The van der Waals surface area contributed by atoms with Gasteiger partial charge in [-0.25, -0.2) is 0 Å². The third kappa shape index (κ3) is 1.48. The Morgan fingerprint density at radius 3 is 2.89 bits per heavy atom. The Balaban J connectivity index is 2.77. The Morgan fingerprint density at radius 1 is 2.00 bits per heavy atom. The molecule has 0 bridgehead atoms. The Labute approximate surface area is 65.6 Å². The summed E-state index contributed by atoms with van der Waals surface area (Å²) in [5, 5.41) is 0. The minimum atomic E-state index is -0.149. The van der Waals surface area contributed by atoms with E-state index in [-0.39, 0.29) is 8.67 Å². The average Bonchev–Trinajstić information content (AvgIpc) is 2.13. The summed E-state index contributed by atoms with van der Waals surface area (Å²) < 4.78 is 1.95. The fourth-order valence-electron chi connectivity index (χ4n) is 0.427. The van der Waals surface area contributed by atoms with Gasteiger partial charge in [-0.15, -0.1) is 6.42 Å². The van der Waals surface area contributed by atoms with Gasteiger partial charge in [0.2, 0.25) is 0 Å². The Bertz CT molecular complexity index is 213. The molecule has 4 heteroatoms. The summed E-state index contributed by atoms with van der Waals surface area (Å²) in [6.07, 6.45) is 7.05. The molecule has 0 aromatic rings. The van der Waals surface area contributed by atoms with Crippen molar-refractivity contribution >= 4 is 30.7 Å². The van der Waals surface area contributed by atoms with Gasteiger partial charge in [-0.2, -0.15) is 0 Å². The van der Waals surface area contributed by atoms with Crippen LogP contribution in [0.25, 0.3) is 0 Å². The molecule has 0 aromatic heterocycles. The van der Waals surface area contributed by atoms with Crippen LogP contribution < -0.4 is 0 Å². The average molecular weight is 175 g/mol. The maximum absolute atomic E-state index is 5.15. The van der Waals surface area contributed by atoms with Gasteiger partial charge >= 0.3 is 0 Å². The summed E-state index contributed by atoms with van der Waals surface area (Å²) in [6, 6.07) is 0. The predicted octanol–water partition coefficient (Wildman–Crippen LogP) is 1.05. The molecule has 1 unspecified atom stereocenters. The number of allylic oxidation sites excluding steroid dienone is 1. The topological polar surface area (TPSA) is 3.24 Å². The molecule has 9 heavy (non-hydrogen) atoms. The lowest BCUT2D eigenvalue weighted by atomic mass is 10.6. The fraction of sp³-hybridized carbons (Fsp3) is 0.200. The van der Waals surface area contributed by atoms with Crippen LogP contribution in [0.15, 0.2) is 11.1 Å². The summed E-state index contributed by atoms with van der Waals surface area (Å²) in [4.78, 5) is 0.941. The zero-order valence-electron chi connectivity index (χ0n) is 4.83. The molecule has 48 valence electrons. The largest absolute Gasteiger partial charge is 0.313 e. The van der Waals surface area contributed by atoms with E-state index in [1.165, 1.54) is 0 Å². The highest BCUT2D eigenvalue weighted by molar-refractivity contribution is 8.83. The number of terminal acetylenes is 1. The third-order valence-corrected chi connectivity index (χ3v) is 4.95. The standard InChI is InChI=1S/C5H5NS3/c1-3-5-4-6(2)9(7)8-5/h1,4H,2H3. The zero-order chi connectivity index (χ0) is 6.85. The molecule has 0 radical (unpaired) electrons.